The average molecular weight is 411 g/mol. The molecule has 0 amide bonds. The largest absolute Gasteiger partial charge is 0.490 e. The fourth-order valence-electron chi connectivity index (χ4n) is 2.80. The van der Waals surface area contributed by atoms with Crippen molar-refractivity contribution in [3.05, 3.63) is 44.6 Å². The Balaban J connectivity index is 1.64. The fraction of sp³-hybridized carbons (Fsp3) is 0.444. The molecular formula is C18H23BrN2O2S. The number of halogens is 1. The molecule has 3 rings (SSSR count). The molecule has 0 unspecified atom stereocenters. The van der Waals surface area contributed by atoms with Crippen molar-refractivity contribution < 1.29 is 9.47 Å². The zero-order valence-corrected chi connectivity index (χ0v) is 16.5. The van der Waals surface area contributed by atoms with Crippen LogP contribution in [0, 0.1) is 0 Å². The first-order valence-electron chi connectivity index (χ1n) is 8.12. The quantitative estimate of drug-likeness (QED) is 0.777. The van der Waals surface area contributed by atoms with Gasteiger partial charge in [0.1, 0.15) is 0 Å². The summed E-state index contributed by atoms with van der Waals surface area (Å²) in [6.45, 7) is 3.10. The highest BCUT2D eigenvalue weighted by Gasteiger charge is 2.17. The molecular weight excluding hydrogens is 388 g/mol. The van der Waals surface area contributed by atoms with Gasteiger partial charge in [-0.3, -0.25) is 0 Å². The molecule has 0 saturated carbocycles. The van der Waals surface area contributed by atoms with E-state index in [2.05, 4.69) is 69.2 Å². The molecule has 0 spiro atoms. The Morgan fingerprint density at radius 3 is 2.88 bits per heavy atom. The summed E-state index contributed by atoms with van der Waals surface area (Å²) in [6, 6.07) is 6.75. The van der Waals surface area contributed by atoms with Gasteiger partial charge in [-0.1, -0.05) is 0 Å². The topological polar surface area (TPSA) is 33.7 Å². The highest BCUT2D eigenvalue weighted by molar-refractivity contribution is 9.10. The van der Waals surface area contributed by atoms with Crippen molar-refractivity contribution in [1.29, 1.82) is 0 Å². The van der Waals surface area contributed by atoms with Crippen molar-refractivity contribution in [1.82, 2.24) is 10.2 Å². The van der Waals surface area contributed by atoms with E-state index < -0.39 is 0 Å². The van der Waals surface area contributed by atoms with Crippen LogP contribution in [0.25, 0.3) is 0 Å². The maximum atomic E-state index is 5.80. The molecule has 1 aromatic carbocycles. The standard InChI is InChI=1S/C18H23BrN2O2S/c1-21(2)16(14-4-7-24-12-14)11-20-10-13-8-15(19)18-17(9-13)22-5-3-6-23-18/h4,7-9,12,16,20H,3,5-6,10-11H2,1-2H3/t16-/m0/s1. The lowest BCUT2D eigenvalue weighted by molar-refractivity contribution is 0.288. The third kappa shape index (κ3) is 4.30. The van der Waals surface area contributed by atoms with Crippen LogP contribution in [0.15, 0.2) is 33.4 Å². The molecule has 130 valence electrons. The summed E-state index contributed by atoms with van der Waals surface area (Å²) < 4.78 is 12.5. The molecule has 24 heavy (non-hydrogen) atoms. The van der Waals surface area contributed by atoms with Gasteiger partial charge in [0, 0.05) is 25.6 Å². The summed E-state index contributed by atoms with van der Waals surface area (Å²) in [5, 5.41) is 7.92. The average Bonchev–Trinajstić information content (AvgIpc) is 2.96. The molecule has 0 bridgehead atoms. The summed E-state index contributed by atoms with van der Waals surface area (Å²) in [5.41, 5.74) is 2.55. The maximum Gasteiger partial charge on any atom is 0.175 e. The molecule has 6 heteroatoms. The zero-order valence-electron chi connectivity index (χ0n) is 14.0. The number of benzene rings is 1. The van der Waals surface area contributed by atoms with Gasteiger partial charge in [-0.25, -0.2) is 0 Å². The number of hydrogen-bond acceptors (Lipinski definition) is 5. The summed E-state index contributed by atoms with van der Waals surface area (Å²) >= 11 is 5.35. The van der Waals surface area contributed by atoms with Crippen LogP contribution in [-0.2, 0) is 6.54 Å². The summed E-state index contributed by atoms with van der Waals surface area (Å²) in [6.07, 6.45) is 0.917. The van der Waals surface area contributed by atoms with E-state index in [1.807, 2.05) is 0 Å². The SMILES string of the molecule is CN(C)[C@@H](CNCc1cc(Br)c2c(c1)OCCCO2)c1ccsc1. The minimum absolute atomic E-state index is 0.375. The Labute approximate surface area is 155 Å². The molecule has 1 atom stereocenters. The van der Waals surface area contributed by atoms with Gasteiger partial charge in [0.2, 0.25) is 0 Å². The van der Waals surface area contributed by atoms with Crippen molar-refractivity contribution in [2.24, 2.45) is 0 Å². The van der Waals surface area contributed by atoms with E-state index in [0.29, 0.717) is 19.3 Å². The Morgan fingerprint density at radius 2 is 2.12 bits per heavy atom. The fourth-order valence-corrected chi connectivity index (χ4v) is 4.11. The molecule has 0 saturated heterocycles. The van der Waals surface area contributed by atoms with Crippen LogP contribution in [-0.4, -0.2) is 38.8 Å². The molecule has 1 aromatic heterocycles. The van der Waals surface area contributed by atoms with Crippen LogP contribution in [0.1, 0.15) is 23.6 Å². The highest BCUT2D eigenvalue weighted by atomic mass is 79.9. The lowest BCUT2D eigenvalue weighted by Crippen LogP contribution is -2.30. The van der Waals surface area contributed by atoms with Crippen LogP contribution in [0.3, 0.4) is 0 Å². The first-order chi connectivity index (χ1) is 11.6. The lowest BCUT2D eigenvalue weighted by atomic mass is 10.1. The summed E-state index contributed by atoms with van der Waals surface area (Å²) in [4.78, 5) is 2.25. The van der Waals surface area contributed by atoms with Crippen LogP contribution >= 0.6 is 27.3 Å². The molecule has 0 aliphatic carbocycles. The minimum Gasteiger partial charge on any atom is -0.490 e. The first kappa shape index (κ1) is 17.7. The number of hydrogen-bond donors (Lipinski definition) is 1. The number of ether oxygens (including phenoxy) is 2. The molecule has 2 heterocycles. The van der Waals surface area contributed by atoms with Crippen molar-refractivity contribution >= 4 is 27.3 Å². The van der Waals surface area contributed by atoms with Crippen LogP contribution in [0.5, 0.6) is 11.5 Å². The van der Waals surface area contributed by atoms with Gasteiger partial charge < -0.3 is 19.7 Å². The van der Waals surface area contributed by atoms with Crippen LogP contribution < -0.4 is 14.8 Å². The number of nitrogens with one attached hydrogen (secondary N) is 1. The third-order valence-electron chi connectivity index (χ3n) is 4.08. The van der Waals surface area contributed by atoms with Crippen molar-refractivity contribution in [3.63, 3.8) is 0 Å². The van der Waals surface area contributed by atoms with Gasteiger partial charge in [-0.15, -0.1) is 0 Å². The third-order valence-corrected chi connectivity index (χ3v) is 5.37. The molecule has 0 radical (unpaired) electrons. The number of fused-ring (bicyclic) bond motifs is 1. The van der Waals surface area contributed by atoms with E-state index >= 15 is 0 Å². The number of thiophene rings is 1. The number of rotatable bonds is 6. The molecule has 1 N–H and O–H groups in total. The Bertz CT molecular complexity index is 661. The van der Waals surface area contributed by atoms with Crippen LogP contribution in [0.4, 0.5) is 0 Å². The zero-order chi connectivity index (χ0) is 16.9. The van der Waals surface area contributed by atoms with Crippen molar-refractivity contribution in [2.45, 2.75) is 19.0 Å². The van der Waals surface area contributed by atoms with Gasteiger partial charge in [0.15, 0.2) is 11.5 Å². The lowest BCUT2D eigenvalue weighted by Gasteiger charge is -2.24. The second-order valence-electron chi connectivity index (χ2n) is 6.12. The Morgan fingerprint density at radius 1 is 1.29 bits per heavy atom. The van der Waals surface area contributed by atoms with E-state index in [0.717, 1.165) is 35.5 Å². The van der Waals surface area contributed by atoms with Crippen molar-refractivity contribution in [3.8, 4) is 11.5 Å². The number of likely N-dealkylation sites (N-methyl/N-ethyl adjacent to an activating group) is 1. The van der Waals surface area contributed by atoms with Gasteiger partial charge in [0.05, 0.1) is 17.7 Å². The Hall–Kier alpha value is -1.08. The first-order valence-corrected chi connectivity index (χ1v) is 9.86. The van der Waals surface area contributed by atoms with E-state index in [1.165, 1.54) is 11.1 Å². The normalized spacial score (nSPS) is 15.3. The smallest absolute Gasteiger partial charge is 0.175 e. The van der Waals surface area contributed by atoms with Gasteiger partial charge >= 0.3 is 0 Å². The molecule has 2 aromatic rings. The Kier molecular flexibility index (Phi) is 6.16. The number of nitrogens with zero attached hydrogens (tertiary/aromatic N) is 1. The predicted molar refractivity (Wildman–Crippen MR) is 102 cm³/mol. The molecule has 4 nitrogen and oxygen atoms in total. The van der Waals surface area contributed by atoms with E-state index in [9.17, 15) is 0 Å². The second-order valence-corrected chi connectivity index (χ2v) is 7.76. The van der Waals surface area contributed by atoms with Crippen molar-refractivity contribution in [2.75, 3.05) is 33.9 Å². The predicted octanol–water partition coefficient (Wildman–Crippen LogP) is 4.06. The molecule has 1 aliphatic rings. The summed E-state index contributed by atoms with van der Waals surface area (Å²) in [7, 11) is 4.24. The van der Waals surface area contributed by atoms with Gasteiger partial charge in [-0.05, 0) is 70.1 Å². The molecule has 1 aliphatic heterocycles. The highest BCUT2D eigenvalue weighted by Crippen LogP contribution is 2.38. The van der Waals surface area contributed by atoms with Crippen LogP contribution in [0.2, 0.25) is 0 Å². The van der Waals surface area contributed by atoms with E-state index in [-0.39, 0.29) is 0 Å². The summed E-state index contributed by atoms with van der Waals surface area (Å²) in [5.74, 6) is 1.65. The molecule has 0 fully saturated rings. The van der Waals surface area contributed by atoms with Gasteiger partial charge in [0.25, 0.3) is 0 Å². The second kappa shape index (κ2) is 8.34. The maximum absolute atomic E-state index is 5.80. The van der Waals surface area contributed by atoms with E-state index in [1.54, 1.807) is 11.3 Å². The van der Waals surface area contributed by atoms with E-state index in [4.69, 9.17) is 9.47 Å². The minimum atomic E-state index is 0.375. The monoisotopic (exact) mass is 410 g/mol. The van der Waals surface area contributed by atoms with Gasteiger partial charge in [-0.2, -0.15) is 11.3 Å².